The van der Waals surface area contributed by atoms with Crippen LogP contribution < -0.4 is 5.32 Å². The van der Waals surface area contributed by atoms with Gasteiger partial charge in [-0.1, -0.05) is 66.1 Å². The van der Waals surface area contributed by atoms with Gasteiger partial charge in [-0.2, -0.15) is 4.98 Å². The van der Waals surface area contributed by atoms with E-state index in [2.05, 4.69) is 15.5 Å². The molecule has 3 amide bonds. The molecular weight excluding hydrogens is 392 g/mol. The summed E-state index contributed by atoms with van der Waals surface area (Å²) in [4.78, 5) is 31.2. The normalized spacial score (nSPS) is 18.9. The lowest BCUT2D eigenvalue weighted by Gasteiger charge is -2.25. The van der Waals surface area contributed by atoms with Crippen LogP contribution in [-0.4, -0.2) is 27.0 Å². The summed E-state index contributed by atoms with van der Waals surface area (Å²) in [6, 6.07) is 16.1. The minimum Gasteiger partial charge on any atom is -0.337 e. The van der Waals surface area contributed by atoms with Crippen molar-refractivity contribution in [2.75, 3.05) is 0 Å². The number of urea groups is 1. The minimum atomic E-state index is -1.13. The molecule has 0 saturated carbocycles. The summed E-state index contributed by atoms with van der Waals surface area (Å²) in [6.45, 7) is 1.77. The monoisotopic (exact) mass is 410 g/mol. The molecule has 2 aromatic carbocycles. The van der Waals surface area contributed by atoms with E-state index in [-0.39, 0.29) is 18.3 Å². The van der Waals surface area contributed by atoms with Crippen molar-refractivity contribution in [1.82, 2.24) is 20.4 Å². The first kappa shape index (κ1) is 19.1. The maximum absolute atomic E-state index is 13.2. The Labute approximate surface area is 172 Å². The molecule has 2 heterocycles. The number of benzene rings is 2. The number of hydrogen-bond acceptors (Lipinski definition) is 5. The van der Waals surface area contributed by atoms with E-state index < -0.39 is 11.6 Å². The topological polar surface area (TPSA) is 88.3 Å². The maximum atomic E-state index is 13.2. The lowest BCUT2D eigenvalue weighted by Crippen LogP contribution is -2.43. The van der Waals surface area contributed by atoms with Gasteiger partial charge in [0.15, 0.2) is 5.82 Å². The van der Waals surface area contributed by atoms with Crippen molar-refractivity contribution in [3.63, 3.8) is 0 Å². The molecule has 1 aliphatic rings. The number of amides is 3. The van der Waals surface area contributed by atoms with Crippen LogP contribution in [0.1, 0.15) is 36.2 Å². The Morgan fingerprint density at radius 2 is 1.83 bits per heavy atom. The van der Waals surface area contributed by atoms with Gasteiger partial charge in [-0.15, -0.1) is 0 Å². The van der Waals surface area contributed by atoms with E-state index in [1.165, 1.54) is 0 Å². The molecule has 1 aromatic heterocycles. The molecule has 0 radical (unpaired) electrons. The number of carbonyl (C=O) groups is 2. The van der Waals surface area contributed by atoms with E-state index in [9.17, 15) is 9.59 Å². The summed E-state index contributed by atoms with van der Waals surface area (Å²) in [5, 5.41) is 7.34. The zero-order valence-corrected chi connectivity index (χ0v) is 16.5. The molecule has 29 heavy (non-hydrogen) atoms. The van der Waals surface area contributed by atoms with E-state index >= 15 is 0 Å². The largest absolute Gasteiger partial charge is 0.337 e. The molecule has 1 saturated heterocycles. The van der Waals surface area contributed by atoms with Crippen LogP contribution in [0.2, 0.25) is 5.02 Å². The zero-order chi connectivity index (χ0) is 20.4. The molecule has 8 heteroatoms. The molecule has 1 fully saturated rings. The third-order valence-corrected chi connectivity index (χ3v) is 5.30. The van der Waals surface area contributed by atoms with Crippen molar-refractivity contribution in [3.05, 3.63) is 82.5 Å². The predicted octanol–water partition coefficient (Wildman–Crippen LogP) is 3.67. The van der Waals surface area contributed by atoms with Crippen LogP contribution >= 0.6 is 11.6 Å². The number of nitrogens with one attached hydrogen (secondary N) is 1. The Bertz CT molecular complexity index is 1040. The third-order valence-electron chi connectivity index (χ3n) is 5.05. The molecule has 4 rings (SSSR count). The second-order valence-electron chi connectivity index (χ2n) is 6.85. The van der Waals surface area contributed by atoms with Gasteiger partial charge >= 0.3 is 6.03 Å². The van der Waals surface area contributed by atoms with Crippen LogP contribution in [0, 0.1) is 0 Å². The number of rotatable bonds is 6. The Kier molecular flexibility index (Phi) is 5.07. The summed E-state index contributed by atoms with van der Waals surface area (Å²) >= 11 is 5.96. The summed E-state index contributed by atoms with van der Waals surface area (Å²) < 4.78 is 5.27. The SMILES string of the molecule is CCC1(c2ccc(Cl)cc2)NC(=O)N(Cc2nc(Cc3ccccc3)no2)C1=O. The van der Waals surface area contributed by atoms with E-state index in [0.29, 0.717) is 29.3 Å². The van der Waals surface area contributed by atoms with E-state index in [0.717, 1.165) is 10.5 Å². The number of aromatic nitrogens is 2. The fraction of sp³-hybridized carbons (Fsp3) is 0.238. The lowest BCUT2D eigenvalue weighted by atomic mass is 9.87. The van der Waals surface area contributed by atoms with Crippen LogP contribution in [0.3, 0.4) is 0 Å². The Hall–Kier alpha value is -3.19. The first-order chi connectivity index (χ1) is 14.0. The minimum absolute atomic E-state index is 0.0816. The number of hydrogen-bond donors (Lipinski definition) is 1. The van der Waals surface area contributed by atoms with Crippen molar-refractivity contribution in [1.29, 1.82) is 0 Å². The molecule has 7 nitrogen and oxygen atoms in total. The smallest absolute Gasteiger partial charge is 0.325 e. The van der Waals surface area contributed by atoms with Crippen molar-refractivity contribution >= 4 is 23.5 Å². The highest BCUT2D eigenvalue weighted by atomic mass is 35.5. The lowest BCUT2D eigenvalue weighted by molar-refractivity contribution is -0.132. The van der Waals surface area contributed by atoms with Crippen LogP contribution in [0.25, 0.3) is 0 Å². The van der Waals surface area contributed by atoms with Gasteiger partial charge in [0.2, 0.25) is 5.89 Å². The van der Waals surface area contributed by atoms with Crippen LogP contribution in [-0.2, 0) is 23.3 Å². The summed E-state index contributed by atoms with van der Waals surface area (Å²) in [5.74, 6) is 0.357. The van der Waals surface area contributed by atoms with Gasteiger partial charge in [0.1, 0.15) is 12.1 Å². The van der Waals surface area contributed by atoms with Crippen molar-refractivity contribution in [3.8, 4) is 0 Å². The quantitative estimate of drug-likeness (QED) is 0.626. The first-order valence-corrected chi connectivity index (χ1v) is 9.65. The zero-order valence-electron chi connectivity index (χ0n) is 15.8. The second-order valence-corrected chi connectivity index (χ2v) is 7.29. The fourth-order valence-corrected chi connectivity index (χ4v) is 3.61. The molecule has 1 unspecified atom stereocenters. The molecule has 1 aliphatic heterocycles. The van der Waals surface area contributed by atoms with Gasteiger partial charge in [-0.25, -0.2) is 4.79 Å². The number of halogens is 1. The summed E-state index contributed by atoms with van der Waals surface area (Å²) in [7, 11) is 0. The molecular formula is C21H19ClN4O3. The first-order valence-electron chi connectivity index (χ1n) is 9.27. The highest BCUT2D eigenvalue weighted by Gasteiger charge is 2.51. The summed E-state index contributed by atoms with van der Waals surface area (Å²) in [6.07, 6.45) is 0.910. The molecule has 3 aromatic rings. The Balaban J connectivity index is 1.53. The molecule has 148 valence electrons. The van der Waals surface area contributed by atoms with Crippen molar-refractivity contribution in [2.24, 2.45) is 0 Å². The average Bonchev–Trinajstić information content (AvgIpc) is 3.27. The molecule has 0 aliphatic carbocycles. The molecule has 0 bridgehead atoms. The summed E-state index contributed by atoms with van der Waals surface area (Å²) in [5.41, 5.74) is 0.595. The average molecular weight is 411 g/mol. The highest BCUT2D eigenvalue weighted by Crippen LogP contribution is 2.33. The third kappa shape index (κ3) is 3.61. The van der Waals surface area contributed by atoms with Gasteiger partial charge in [0, 0.05) is 11.4 Å². The Morgan fingerprint density at radius 3 is 2.52 bits per heavy atom. The van der Waals surface area contributed by atoms with Gasteiger partial charge in [-0.3, -0.25) is 9.69 Å². The van der Waals surface area contributed by atoms with Gasteiger partial charge in [-0.05, 0) is 29.7 Å². The van der Waals surface area contributed by atoms with E-state index in [1.807, 2.05) is 37.3 Å². The van der Waals surface area contributed by atoms with Crippen LogP contribution in [0.15, 0.2) is 59.1 Å². The van der Waals surface area contributed by atoms with Gasteiger partial charge in [0.25, 0.3) is 5.91 Å². The van der Waals surface area contributed by atoms with Crippen molar-refractivity contribution < 1.29 is 14.1 Å². The van der Waals surface area contributed by atoms with Crippen molar-refractivity contribution in [2.45, 2.75) is 31.8 Å². The fourth-order valence-electron chi connectivity index (χ4n) is 3.48. The molecule has 0 spiro atoms. The molecule has 1 N–H and O–H groups in total. The van der Waals surface area contributed by atoms with Crippen LogP contribution in [0.4, 0.5) is 4.79 Å². The predicted molar refractivity (Wildman–Crippen MR) is 106 cm³/mol. The maximum Gasteiger partial charge on any atom is 0.325 e. The van der Waals surface area contributed by atoms with Crippen LogP contribution in [0.5, 0.6) is 0 Å². The van der Waals surface area contributed by atoms with Gasteiger partial charge < -0.3 is 9.84 Å². The standard InChI is InChI=1S/C21H19ClN4O3/c1-2-21(15-8-10-16(22)11-9-15)19(27)26(20(28)24-21)13-18-23-17(25-29-18)12-14-6-4-3-5-7-14/h3-11H,2,12-13H2,1H3,(H,24,28). The number of imide groups is 1. The van der Waals surface area contributed by atoms with E-state index in [1.54, 1.807) is 24.3 Å². The number of nitrogens with zero attached hydrogens (tertiary/aromatic N) is 3. The van der Waals surface area contributed by atoms with Gasteiger partial charge in [0.05, 0.1) is 0 Å². The second kappa shape index (κ2) is 7.67. The Morgan fingerprint density at radius 1 is 1.10 bits per heavy atom. The number of carbonyl (C=O) groups excluding carboxylic acids is 2. The van der Waals surface area contributed by atoms with E-state index in [4.69, 9.17) is 16.1 Å². The highest BCUT2D eigenvalue weighted by molar-refractivity contribution is 6.30. The molecule has 1 atom stereocenters.